The van der Waals surface area contributed by atoms with Gasteiger partial charge in [-0.1, -0.05) is 0 Å². The molecule has 1 saturated carbocycles. The van der Waals surface area contributed by atoms with Crippen LogP contribution in [0.2, 0.25) is 0 Å². The van der Waals surface area contributed by atoms with Gasteiger partial charge in [0.1, 0.15) is 5.78 Å². The highest BCUT2D eigenvalue weighted by molar-refractivity contribution is 5.79. The van der Waals surface area contributed by atoms with E-state index in [0.717, 1.165) is 12.8 Å². The normalized spacial score (nSPS) is 24.8. The molecule has 0 aromatic heterocycles. The predicted molar refractivity (Wildman–Crippen MR) is 39.4 cm³/mol. The minimum Gasteiger partial charge on any atom is -0.329 e. The van der Waals surface area contributed by atoms with Crippen LogP contribution in [0.3, 0.4) is 0 Å². The monoisotopic (exact) mass is 142 g/mol. The molecule has 4 N–H and O–H groups in total. The zero-order valence-electron chi connectivity index (χ0n) is 6.10. The van der Waals surface area contributed by atoms with Crippen molar-refractivity contribution in [1.82, 2.24) is 0 Å². The lowest BCUT2D eigenvalue weighted by molar-refractivity contribution is -0.121. The third-order valence-corrected chi connectivity index (χ3v) is 2.21. The number of nitrogens with two attached hydrogens (primary N) is 2. The van der Waals surface area contributed by atoms with Crippen molar-refractivity contribution in [2.45, 2.75) is 31.2 Å². The number of carbonyl (C=O) groups excluding carboxylic acids is 1. The molecular weight excluding hydrogens is 128 g/mol. The third-order valence-electron chi connectivity index (χ3n) is 2.21. The Bertz CT molecular complexity index is 135. The summed E-state index contributed by atoms with van der Waals surface area (Å²) in [5.41, 5.74) is 11.0. The second-order valence-corrected chi connectivity index (χ2v) is 3.11. The van der Waals surface area contributed by atoms with Crippen LogP contribution in [0.4, 0.5) is 0 Å². The molecule has 0 aromatic rings. The molecule has 0 unspecified atom stereocenters. The molecule has 1 rings (SSSR count). The van der Waals surface area contributed by atoms with Gasteiger partial charge in [0.25, 0.3) is 0 Å². The molecule has 0 amide bonds. The molecule has 1 aliphatic rings. The molecule has 0 aromatic carbocycles. The first kappa shape index (κ1) is 7.69. The fraction of sp³-hybridized carbons (Fsp3) is 0.857. The Labute approximate surface area is 60.8 Å². The van der Waals surface area contributed by atoms with E-state index >= 15 is 0 Å². The van der Waals surface area contributed by atoms with Gasteiger partial charge in [0.2, 0.25) is 0 Å². The van der Waals surface area contributed by atoms with Crippen LogP contribution in [0.25, 0.3) is 0 Å². The predicted octanol–water partition coefficient (Wildman–Crippen LogP) is -0.214. The highest BCUT2D eigenvalue weighted by Gasteiger charge is 2.28. The highest BCUT2D eigenvalue weighted by atomic mass is 16.1. The number of carbonyl (C=O) groups is 1. The maximum absolute atomic E-state index is 10.8. The van der Waals surface area contributed by atoms with Crippen molar-refractivity contribution in [3.8, 4) is 0 Å². The van der Waals surface area contributed by atoms with E-state index < -0.39 is 0 Å². The molecule has 0 heterocycles. The maximum atomic E-state index is 10.8. The standard InChI is InChI=1S/C7H14N2O/c8-5-7(9)3-1-6(10)2-4-7/h1-5,8-9H2. The molecule has 0 radical (unpaired) electrons. The van der Waals surface area contributed by atoms with Crippen molar-refractivity contribution >= 4 is 5.78 Å². The average molecular weight is 142 g/mol. The van der Waals surface area contributed by atoms with Crippen LogP contribution in [0.15, 0.2) is 0 Å². The lowest BCUT2D eigenvalue weighted by Gasteiger charge is -2.30. The molecule has 0 bridgehead atoms. The third kappa shape index (κ3) is 1.55. The summed E-state index contributed by atoms with van der Waals surface area (Å²) >= 11 is 0. The van der Waals surface area contributed by atoms with Crippen LogP contribution in [0.1, 0.15) is 25.7 Å². The first-order chi connectivity index (χ1) is 4.66. The summed E-state index contributed by atoms with van der Waals surface area (Å²) in [6.07, 6.45) is 2.77. The number of Topliss-reactive ketones (excluding diaryl/α,β-unsaturated/α-hetero) is 1. The maximum Gasteiger partial charge on any atom is 0.133 e. The van der Waals surface area contributed by atoms with Crippen LogP contribution in [-0.4, -0.2) is 17.9 Å². The van der Waals surface area contributed by atoms with Gasteiger partial charge in [-0.05, 0) is 12.8 Å². The second-order valence-electron chi connectivity index (χ2n) is 3.11. The van der Waals surface area contributed by atoms with Crippen molar-refractivity contribution < 1.29 is 4.79 Å². The first-order valence-corrected chi connectivity index (χ1v) is 3.67. The summed E-state index contributed by atoms with van der Waals surface area (Å²) < 4.78 is 0. The molecule has 0 saturated heterocycles. The van der Waals surface area contributed by atoms with E-state index in [4.69, 9.17) is 11.5 Å². The van der Waals surface area contributed by atoms with Gasteiger partial charge in [0.15, 0.2) is 0 Å². The first-order valence-electron chi connectivity index (χ1n) is 3.67. The summed E-state index contributed by atoms with van der Waals surface area (Å²) in [4.78, 5) is 10.8. The van der Waals surface area contributed by atoms with Gasteiger partial charge < -0.3 is 11.5 Å². The molecule has 3 nitrogen and oxygen atoms in total. The average Bonchev–Trinajstić information content (AvgIpc) is 1.96. The Morgan fingerprint density at radius 2 is 1.90 bits per heavy atom. The van der Waals surface area contributed by atoms with E-state index in [1.54, 1.807) is 0 Å². The quantitative estimate of drug-likeness (QED) is 0.532. The Hall–Kier alpha value is -0.410. The zero-order chi connectivity index (χ0) is 7.61. The number of rotatable bonds is 1. The molecule has 10 heavy (non-hydrogen) atoms. The van der Waals surface area contributed by atoms with Crippen LogP contribution in [-0.2, 0) is 4.79 Å². The van der Waals surface area contributed by atoms with E-state index in [-0.39, 0.29) is 5.54 Å². The van der Waals surface area contributed by atoms with Gasteiger partial charge in [-0.25, -0.2) is 0 Å². The molecule has 1 aliphatic carbocycles. The summed E-state index contributed by atoms with van der Waals surface area (Å²) in [7, 11) is 0. The van der Waals surface area contributed by atoms with Gasteiger partial charge in [-0.3, -0.25) is 4.79 Å². The molecule has 0 atom stereocenters. The topological polar surface area (TPSA) is 69.1 Å². The Balaban J connectivity index is 2.46. The van der Waals surface area contributed by atoms with Crippen LogP contribution >= 0.6 is 0 Å². The van der Waals surface area contributed by atoms with Gasteiger partial charge >= 0.3 is 0 Å². The van der Waals surface area contributed by atoms with Crippen LogP contribution in [0.5, 0.6) is 0 Å². The summed E-state index contributed by atoms with van der Waals surface area (Å²) in [6, 6.07) is 0. The summed E-state index contributed by atoms with van der Waals surface area (Å²) in [5.74, 6) is 0.328. The molecule has 3 heteroatoms. The minimum absolute atomic E-state index is 0.242. The molecule has 0 spiro atoms. The van der Waals surface area contributed by atoms with E-state index in [1.165, 1.54) is 0 Å². The van der Waals surface area contributed by atoms with Crippen LogP contribution < -0.4 is 11.5 Å². The summed E-state index contributed by atoms with van der Waals surface area (Å²) in [6.45, 7) is 0.500. The van der Waals surface area contributed by atoms with E-state index in [0.29, 0.717) is 25.2 Å². The second kappa shape index (κ2) is 2.68. The molecular formula is C7H14N2O. The lowest BCUT2D eigenvalue weighted by atomic mass is 9.82. The summed E-state index contributed by atoms with van der Waals surface area (Å²) in [5, 5.41) is 0. The number of hydrogen-bond donors (Lipinski definition) is 2. The number of hydrogen-bond acceptors (Lipinski definition) is 3. The molecule has 58 valence electrons. The van der Waals surface area contributed by atoms with E-state index in [2.05, 4.69) is 0 Å². The van der Waals surface area contributed by atoms with Crippen molar-refractivity contribution in [1.29, 1.82) is 0 Å². The van der Waals surface area contributed by atoms with Gasteiger partial charge in [0, 0.05) is 24.9 Å². The van der Waals surface area contributed by atoms with Crippen molar-refractivity contribution in [2.24, 2.45) is 11.5 Å². The van der Waals surface area contributed by atoms with Gasteiger partial charge in [0.05, 0.1) is 0 Å². The molecule has 1 fully saturated rings. The largest absolute Gasteiger partial charge is 0.329 e. The smallest absolute Gasteiger partial charge is 0.133 e. The fourth-order valence-electron chi connectivity index (χ4n) is 1.23. The molecule has 0 aliphatic heterocycles. The SMILES string of the molecule is NCC1(N)CCC(=O)CC1. The Kier molecular flexibility index (Phi) is 2.06. The van der Waals surface area contributed by atoms with E-state index in [1.807, 2.05) is 0 Å². The minimum atomic E-state index is -0.242. The Morgan fingerprint density at radius 3 is 2.30 bits per heavy atom. The van der Waals surface area contributed by atoms with E-state index in [9.17, 15) is 4.79 Å². The van der Waals surface area contributed by atoms with Crippen molar-refractivity contribution in [2.75, 3.05) is 6.54 Å². The van der Waals surface area contributed by atoms with Crippen molar-refractivity contribution in [3.63, 3.8) is 0 Å². The van der Waals surface area contributed by atoms with Crippen molar-refractivity contribution in [3.05, 3.63) is 0 Å². The highest BCUT2D eigenvalue weighted by Crippen LogP contribution is 2.22. The number of ketones is 1. The zero-order valence-corrected chi connectivity index (χ0v) is 6.10. The Morgan fingerprint density at radius 1 is 1.40 bits per heavy atom. The van der Waals surface area contributed by atoms with Crippen LogP contribution in [0, 0.1) is 0 Å². The van der Waals surface area contributed by atoms with Gasteiger partial charge in [-0.15, -0.1) is 0 Å². The fourth-order valence-corrected chi connectivity index (χ4v) is 1.23. The van der Waals surface area contributed by atoms with Gasteiger partial charge in [-0.2, -0.15) is 0 Å². The lowest BCUT2D eigenvalue weighted by Crippen LogP contribution is -2.49.